The number of nitrogens with one attached hydrogen (secondary N) is 1. The Kier molecular flexibility index (Phi) is 5.01. The number of rotatable bonds is 3. The fraction of sp³-hybridized carbons (Fsp3) is 0.471. The number of piperidine rings is 1. The summed E-state index contributed by atoms with van der Waals surface area (Å²) in [6.07, 6.45) is 0.972. The van der Waals surface area contributed by atoms with E-state index in [1.54, 1.807) is 6.07 Å². The molecule has 140 valence electrons. The van der Waals surface area contributed by atoms with Gasteiger partial charge in [-0.2, -0.15) is 14.8 Å². The Hall–Kier alpha value is -2.03. The minimum atomic E-state index is -1.15. The van der Waals surface area contributed by atoms with Gasteiger partial charge < -0.3 is 14.9 Å². The van der Waals surface area contributed by atoms with Crippen LogP contribution in [0.4, 0.5) is 4.39 Å². The molecule has 0 bridgehead atoms. The lowest BCUT2D eigenvalue weighted by Gasteiger charge is -2.28. The van der Waals surface area contributed by atoms with Crippen molar-refractivity contribution < 1.29 is 14.0 Å². The van der Waals surface area contributed by atoms with Gasteiger partial charge in [0.2, 0.25) is 0 Å². The highest BCUT2D eigenvalue weighted by molar-refractivity contribution is 5.85. The number of para-hydroxylation sites is 1. The van der Waals surface area contributed by atoms with E-state index in [4.69, 9.17) is 4.52 Å². The third kappa shape index (κ3) is 2.98. The van der Waals surface area contributed by atoms with Crippen molar-refractivity contribution in [3.8, 4) is 5.95 Å². The quantitative estimate of drug-likeness (QED) is 0.725. The van der Waals surface area contributed by atoms with Gasteiger partial charge in [0, 0.05) is 5.39 Å². The van der Waals surface area contributed by atoms with Crippen molar-refractivity contribution in [2.24, 2.45) is 0 Å². The summed E-state index contributed by atoms with van der Waals surface area (Å²) in [5.74, 6) is -0.00611. The molecule has 1 aliphatic rings. The molecule has 26 heavy (non-hydrogen) atoms. The largest absolute Gasteiger partial charge is 0.380 e. The average molecular weight is 382 g/mol. The van der Waals surface area contributed by atoms with E-state index in [1.165, 1.54) is 10.7 Å². The molecule has 4 rings (SSSR count). The second-order valence-electron chi connectivity index (χ2n) is 6.77. The Morgan fingerprint density at radius 3 is 2.73 bits per heavy atom. The van der Waals surface area contributed by atoms with Gasteiger partial charge >= 0.3 is 0 Å². The number of fused-ring (bicyclic) bond motifs is 1. The standard InChI is InChI=1S/C17H20FN5O2.ClH/c1-10(2)13-11-4-3-5-12(18)14(11)23(21-13)16-20-15(25-22-16)17(24)6-8-19-9-7-17;/h3-5,10,19,24H,6-9H2,1-2H3;1H. The Bertz CT molecular complexity index is 917. The zero-order valence-corrected chi connectivity index (χ0v) is 15.4. The van der Waals surface area contributed by atoms with E-state index >= 15 is 0 Å². The first-order chi connectivity index (χ1) is 12.0. The SMILES string of the molecule is CC(C)c1nn(-c2noc(C3(O)CCNCC3)n2)c2c(F)cccc12.Cl. The topological polar surface area (TPSA) is 89.0 Å². The van der Waals surface area contributed by atoms with Gasteiger partial charge in [-0.1, -0.05) is 26.0 Å². The van der Waals surface area contributed by atoms with E-state index < -0.39 is 11.4 Å². The maximum Gasteiger partial charge on any atom is 0.291 e. The Labute approximate surface area is 156 Å². The first-order valence-electron chi connectivity index (χ1n) is 8.44. The maximum absolute atomic E-state index is 14.4. The zero-order chi connectivity index (χ0) is 17.6. The van der Waals surface area contributed by atoms with E-state index in [-0.39, 0.29) is 30.2 Å². The van der Waals surface area contributed by atoms with Crippen molar-refractivity contribution in [1.82, 2.24) is 25.2 Å². The number of halogens is 2. The maximum atomic E-state index is 14.4. The molecule has 1 aliphatic heterocycles. The molecule has 0 unspecified atom stereocenters. The van der Waals surface area contributed by atoms with Gasteiger partial charge in [0.1, 0.15) is 16.9 Å². The van der Waals surface area contributed by atoms with Crippen molar-refractivity contribution in [2.75, 3.05) is 13.1 Å². The van der Waals surface area contributed by atoms with Crippen LogP contribution in [0.5, 0.6) is 0 Å². The third-order valence-electron chi connectivity index (χ3n) is 4.66. The molecule has 9 heteroatoms. The number of aliphatic hydroxyl groups is 1. The summed E-state index contributed by atoms with van der Waals surface area (Å²) in [5, 5.41) is 23.1. The van der Waals surface area contributed by atoms with E-state index in [0.717, 1.165) is 11.1 Å². The molecule has 3 heterocycles. The molecule has 0 radical (unpaired) electrons. The number of hydrogen-bond donors (Lipinski definition) is 2. The summed E-state index contributed by atoms with van der Waals surface area (Å²) in [6, 6.07) is 4.87. The highest BCUT2D eigenvalue weighted by atomic mass is 35.5. The molecule has 2 aromatic heterocycles. The molecule has 0 saturated carbocycles. The third-order valence-corrected chi connectivity index (χ3v) is 4.66. The molecular weight excluding hydrogens is 361 g/mol. The molecule has 0 amide bonds. The predicted molar refractivity (Wildman–Crippen MR) is 96.2 cm³/mol. The fourth-order valence-electron chi connectivity index (χ4n) is 3.27. The summed E-state index contributed by atoms with van der Waals surface area (Å²) in [7, 11) is 0. The van der Waals surface area contributed by atoms with Gasteiger partial charge in [-0.25, -0.2) is 4.39 Å². The number of nitrogens with zero attached hydrogens (tertiary/aromatic N) is 4. The monoisotopic (exact) mass is 381 g/mol. The van der Waals surface area contributed by atoms with Gasteiger partial charge in [-0.15, -0.1) is 12.4 Å². The van der Waals surface area contributed by atoms with Crippen molar-refractivity contribution in [1.29, 1.82) is 0 Å². The van der Waals surface area contributed by atoms with Gasteiger partial charge in [-0.05, 0) is 43.1 Å². The second kappa shape index (κ2) is 6.94. The number of benzene rings is 1. The van der Waals surface area contributed by atoms with Crippen LogP contribution in [-0.2, 0) is 5.60 Å². The molecular formula is C17H21ClFN5O2. The van der Waals surface area contributed by atoms with Gasteiger partial charge in [0.05, 0.1) is 5.69 Å². The van der Waals surface area contributed by atoms with Crippen LogP contribution in [0.15, 0.2) is 22.7 Å². The smallest absolute Gasteiger partial charge is 0.291 e. The normalized spacial score (nSPS) is 16.8. The summed E-state index contributed by atoms with van der Waals surface area (Å²) in [4.78, 5) is 4.32. The summed E-state index contributed by atoms with van der Waals surface area (Å²) in [5.41, 5.74) is -0.0731. The number of hydrogen-bond acceptors (Lipinski definition) is 6. The Balaban J connectivity index is 0.00000196. The molecule has 1 fully saturated rings. The van der Waals surface area contributed by atoms with Crippen LogP contribution in [0.2, 0.25) is 0 Å². The summed E-state index contributed by atoms with van der Waals surface area (Å²) >= 11 is 0. The molecule has 0 atom stereocenters. The van der Waals surface area contributed by atoms with Crippen LogP contribution in [0.25, 0.3) is 16.9 Å². The van der Waals surface area contributed by atoms with E-state index in [0.29, 0.717) is 31.4 Å². The molecule has 0 spiro atoms. The lowest BCUT2D eigenvalue weighted by molar-refractivity contribution is -0.0228. The minimum absolute atomic E-state index is 0. The van der Waals surface area contributed by atoms with Gasteiger partial charge in [0.25, 0.3) is 11.8 Å². The molecule has 0 aliphatic carbocycles. The highest BCUT2D eigenvalue weighted by Crippen LogP contribution is 2.31. The first-order valence-corrected chi connectivity index (χ1v) is 8.44. The minimum Gasteiger partial charge on any atom is -0.380 e. The van der Waals surface area contributed by atoms with Gasteiger partial charge in [-0.3, -0.25) is 0 Å². The van der Waals surface area contributed by atoms with Crippen molar-refractivity contribution in [3.63, 3.8) is 0 Å². The second-order valence-corrected chi connectivity index (χ2v) is 6.77. The first kappa shape index (κ1) is 18.8. The summed E-state index contributed by atoms with van der Waals surface area (Å²) in [6.45, 7) is 5.34. The highest BCUT2D eigenvalue weighted by Gasteiger charge is 2.37. The van der Waals surface area contributed by atoms with Crippen LogP contribution in [-0.4, -0.2) is 38.1 Å². The molecule has 1 saturated heterocycles. The van der Waals surface area contributed by atoms with E-state index in [2.05, 4.69) is 20.6 Å². The van der Waals surface area contributed by atoms with Crippen LogP contribution < -0.4 is 5.32 Å². The fourth-order valence-corrected chi connectivity index (χ4v) is 3.27. The lowest BCUT2D eigenvalue weighted by atomic mass is 9.92. The van der Waals surface area contributed by atoms with Gasteiger partial charge in [0.15, 0.2) is 0 Å². The van der Waals surface area contributed by atoms with Crippen LogP contribution >= 0.6 is 12.4 Å². The Morgan fingerprint density at radius 2 is 2.04 bits per heavy atom. The number of aromatic nitrogens is 4. The Morgan fingerprint density at radius 1 is 1.31 bits per heavy atom. The van der Waals surface area contributed by atoms with Crippen molar-refractivity contribution >= 4 is 23.3 Å². The molecule has 3 aromatic rings. The molecule has 2 N–H and O–H groups in total. The lowest BCUT2D eigenvalue weighted by Crippen LogP contribution is -2.39. The van der Waals surface area contributed by atoms with Crippen LogP contribution in [0.1, 0.15) is 44.2 Å². The predicted octanol–water partition coefficient (Wildman–Crippen LogP) is 2.66. The van der Waals surface area contributed by atoms with Crippen LogP contribution in [0.3, 0.4) is 0 Å². The molecule has 7 nitrogen and oxygen atoms in total. The van der Waals surface area contributed by atoms with E-state index in [9.17, 15) is 9.50 Å². The van der Waals surface area contributed by atoms with Crippen molar-refractivity contribution in [3.05, 3.63) is 35.6 Å². The van der Waals surface area contributed by atoms with E-state index in [1.807, 2.05) is 19.9 Å². The summed E-state index contributed by atoms with van der Waals surface area (Å²) < 4.78 is 21.1. The molecule has 1 aromatic carbocycles. The average Bonchev–Trinajstić information content (AvgIpc) is 3.21. The van der Waals surface area contributed by atoms with Crippen molar-refractivity contribution in [2.45, 2.75) is 38.2 Å². The van der Waals surface area contributed by atoms with Crippen LogP contribution in [0, 0.1) is 5.82 Å². The zero-order valence-electron chi connectivity index (χ0n) is 14.6.